The molecule has 0 aromatic heterocycles. The maximum Gasteiger partial charge on any atom is 0.191 e. The smallest absolute Gasteiger partial charge is 0.191 e. The van der Waals surface area contributed by atoms with E-state index in [2.05, 4.69) is 62.3 Å². The van der Waals surface area contributed by atoms with Crippen LogP contribution in [0.1, 0.15) is 53.0 Å². The zero-order valence-corrected chi connectivity index (χ0v) is 17.8. The summed E-state index contributed by atoms with van der Waals surface area (Å²) in [5.74, 6) is 2.35. The van der Waals surface area contributed by atoms with Crippen LogP contribution in [0.3, 0.4) is 0 Å². The summed E-state index contributed by atoms with van der Waals surface area (Å²) in [6.45, 7) is 15.5. The second-order valence-corrected chi connectivity index (χ2v) is 8.06. The molecule has 0 amide bonds. The minimum atomic E-state index is 0.491. The molecule has 2 N–H and O–H groups in total. The lowest BCUT2D eigenvalue weighted by atomic mass is 10.0. The summed E-state index contributed by atoms with van der Waals surface area (Å²) in [6, 6.07) is 9.34. The van der Waals surface area contributed by atoms with E-state index in [4.69, 9.17) is 9.73 Å². The van der Waals surface area contributed by atoms with Gasteiger partial charge in [-0.15, -0.1) is 0 Å². The molecule has 1 heterocycles. The monoisotopic (exact) mass is 374 g/mol. The molecule has 27 heavy (non-hydrogen) atoms. The van der Waals surface area contributed by atoms with E-state index in [1.54, 1.807) is 0 Å². The highest BCUT2D eigenvalue weighted by Gasteiger charge is 2.21. The van der Waals surface area contributed by atoms with Crippen molar-refractivity contribution >= 4 is 5.96 Å². The topological polar surface area (TPSA) is 48.9 Å². The first-order valence-electron chi connectivity index (χ1n) is 10.5. The summed E-state index contributed by atoms with van der Waals surface area (Å²) in [5, 5.41) is 7.02. The van der Waals surface area contributed by atoms with Crippen LogP contribution in [0.2, 0.25) is 0 Å². The Morgan fingerprint density at radius 1 is 1.19 bits per heavy atom. The molecule has 5 nitrogen and oxygen atoms in total. The van der Waals surface area contributed by atoms with Gasteiger partial charge in [0.25, 0.3) is 0 Å². The van der Waals surface area contributed by atoms with Gasteiger partial charge in [-0.1, -0.05) is 32.0 Å². The van der Waals surface area contributed by atoms with E-state index in [0.29, 0.717) is 24.5 Å². The minimum absolute atomic E-state index is 0.491. The fourth-order valence-corrected chi connectivity index (χ4v) is 3.27. The molecule has 152 valence electrons. The normalized spacial score (nSPS) is 16.8. The molecule has 0 atom stereocenters. The zero-order chi connectivity index (χ0) is 19.6. The van der Waals surface area contributed by atoms with Gasteiger partial charge >= 0.3 is 0 Å². The Labute approximate surface area is 165 Å². The van der Waals surface area contributed by atoms with Gasteiger partial charge in [-0.25, -0.2) is 4.99 Å². The van der Waals surface area contributed by atoms with Crippen LogP contribution in [-0.4, -0.2) is 49.2 Å². The van der Waals surface area contributed by atoms with Crippen molar-refractivity contribution in [3.63, 3.8) is 0 Å². The summed E-state index contributed by atoms with van der Waals surface area (Å²) < 4.78 is 5.96. The third-order valence-electron chi connectivity index (χ3n) is 4.90. The number of hydrogen-bond acceptors (Lipinski definition) is 3. The first kappa shape index (κ1) is 21.5. The van der Waals surface area contributed by atoms with Gasteiger partial charge < -0.3 is 20.3 Å². The molecule has 5 heteroatoms. The number of likely N-dealkylation sites (tertiary alicyclic amines) is 1. The molecule has 1 aromatic carbocycles. The SMILES string of the molecule is CCNC(=NCc1ccccc1OCC(C)C)NC1CCN(C(C)C)CC1. The number of hydrogen-bond donors (Lipinski definition) is 2. The number of guanidine groups is 1. The Morgan fingerprint density at radius 3 is 2.52 bits per heavy atom. The highest BCUT2D eigenvalue weighted by Crippen LogP contribution is 2.20. The van der Waals surface area contributed by atoms with E-state index < -0.39 is 0 Å². The number of nitrogens with one attached hydrogen (secondary N) is 2. The van der Waals surface area contributed by atoms with Crippen LogP contribution in [0, 0.1) is 5.92 Å². The Balaban J connectivity index is 1.96. The number of piperidine rings is 1. The van der Waals surface area contributed by atoms with Crippen molar-refractivity contribution in [2.45, 2.75) is 66.1 Å². The van der Waals surface area contributed by atoms with Crippen molar-refractivity contribution in [1.82, 2.24) is 15.5 Å². The third kappa shape index (κ3) is 7.41. The largest absolute Gasteiger partial charge is 0.493 e. The number of ether oxygens (including phenoxy) is 1. The minimum Gasteiger partial charge on any atom is -0.493 e. The van der Waals surface area contributed by atoms with E-state index in [-0.39, 0.29) is 0 Å². The number of aliphatic imine (C=N–C) groups is 1. The lowest BCUT2D eigenvalue weighted by Crippen LogP contribution is -2.49. The van der Waals surface area contributed by atoms with Crippen LogP contribution in [-0.2, 0) is 6.54 Å². The summed E-state index contributed by atoms with van der Waals surface area (Å²) in [7, 11) is 0. The number of rotatable bonds is 8. The molecule has 1 aliphatic heterocycles. The summed E-state index contributed by atoms with van der Waals surface area (Å²) in [5.41, 5.74) is 1.13. The molecule has 0 radical (unpaired) electrons. The molecule has 0 bridgehead atoms. The van der Waals surface area contributed by atoms with Gasteiger partial charge in [0, 0.05) is 37.3 Å². The van der Waals surface area contributed by atoms with Gasteiger partial charge in [-0.05, 0) is 45.6 Å². The second-order valence-electron chi connectivity index (χ2n) is 8.06. The highest BCUT2D eigenvalue weighted by molar-refractivity contribution is 5.80. The molecule has 0 unspecified atom stereocenters. The fraction of sp³-hybridized carbons (Fsp3) is 0.682. The van der Waals surface area contributed by atoms with Gasteiger partial charge in [-0.3, -0.25) is 0 Å². The van der Waals surface area contributed by atoms with E-state index in [9.17, 15) is 0 Å². The third-order valence-corrected chi connectivity index (χ3v) is 4.90. The van der Waals surface area contributed by atoms with Crippen molar-refractivity contribution in [2.24, 2.45) is 10.9 Å². The van der Waals surface area contributed by atoms with Crippen LogP contribution in [0.4, 0.5) is 0 Å². The van der Waals surface area contributed by atoms with Crippen LogP contribution >= 0.6 is 0 Å². The van der Waals surface area contributed by atoms with Crippen molar-refractivity contribution in [3.8, 4) is 5.75 Å². The predicted molar refractivity (Wildman–Crippen MR) is 114 cm³/mol. The van der Waals surface area contributed by atoms with Gasteiger partial charge in [0.2, 0.25) is 0 Å². The van der Waals surface area contributed by atoms with Gasteiger partial charge in [0.15, 0.2) is 5.96 Å². The van der Waals surface area contributed by atoms with Gasteiger partial charge in [-0.2, -0.15) is 0 Å². The van der Waals surface area contributed by atoms with Crippen molar-refractivity contribution in [3.05, 3.63) is 29.8 Å². The average molecular weight is 375 g/mol. The molecular formula is C22H38N4O. The highest BCUT2D eigenvalue weighted by atomic mass is 16.5. The maximum atomic E-state index is 5.96. The van der Waals surface area contributed by atoms with Crippen LogP contribution in [0.15, 0.2) is 29.3 Å². The molecule has 1 aliphatic rings. The molecule has 1 aromatic rings. The van der Waals surface area contributed by atoms with Crippen LogP contribution in [0.25, 0.3) is 0 Å². The van der Waals surface area contributed by atoms with Crippen molar-refractivity contribution < 1.29 is 4.74 Å². The first-order valence-corrected chi connectivity index (χ1v) is 10.5. The lowest BCUT2D eigenvalue weighted by molar-refractivity contribution is 0.167. The Hall–Kier alpha value is -1.75. The molecular weight excluding hydrogens is 336 g/mol. The Bertz CT molecular complexity index is 577. The predicted octanol–water partition coefficient (Wildman–Crippen LogP) is 3.65. The van der Waals surface area contributed by atoms with E-state index in [1.165, 1.54) is 0 Å². The number of benzene rings is 1. The zero-order valence-electron chi connectivity index (χ0n) is 17.8. The molecule has 0 saturated carbocycles. The molecule has 0 aliphatic carbocycles. The van der Waals surface area contributed by atoms with Gasteiger partial charge in [0.05, 0.1) is 13.2 Å². The first-order chi connectivity index (χ1) is 13.0. The fourth-order valence-electron chi connectivity index (χ4n) is 3.27. The summed E-state index contributed by atoms with van der Waals surface area (Å²) in [6.07, 6.45) is 2.33. The Kier molecular flexibility index (Phi) is 8.92. The van der Waals surface area contributed by atoms with Crippen molar-refractivity contribution in [2.75, 3.05) is 26.2 Å². The number of nitrogens with zero attached hydrogens (tertiary/aromatic N) is 2. The average Bonchev–Trinajstić information content (AvgIpc) is 2.65. The Morgan fingerprint density at radius 2 is 1.89 bits per heavy atom. The maximum absolute atomic E-state index is 5.96. The standard InChI is InChI=1S/C22H38N4O/c1-6-23-22(25-20-11-13-26(14-12-20)18(4)5)24-15-19-9-7-8-10-21(19)27-16-17(2)3/h7-10,17-18,20H,6,11-16H2,1-5H3,(H2,23,24,25). The lowest BCUT2D eigenvalue weighted by Gasteiger charge is -2.35. The van der Waals surface area contributed by atoms with E-state index in [0.717, 1.165) is 56.4 Å². The van der Waals surface area contributed by atoms with Gasteiger partial charge in [0.1, 0.15) is 5.75 Å². The molecule has 0 spiro atoms. The van der Waals surface area contributed by atoms with E-state index in [1.807, 2.05) is 12.1 Å². The second kappa shape index (κ2) is 11.2. The van der Waals surface area contributed by atoms with Crippen LogP contribution in [0.5, 0.6) is 5.75 Å². The van der Waals surface area contributed by atoms with Crippen molar-refractivity contribution in [1.29, 1.82) is 0 Å². The molecule has 2 rings (SSSR count). The summed E-state index contributed by atoms with van der Waals surface area (Å²) >= 11 is 0. The quantitative estimate of drug-likeness (QED) is 0.539. The summed E-state index contributed by atoms with van der Waals surface area (Å²) in [4.78, 5) is 7.37. The van der Waals surface area contributed by atoms with E-state index >= 15 is 0 Å². The van der Waals surface area contributed by atoms with Crippen LogP contribution < -0.4 is 15.4 Å². The number of para-hydroxylation sites is 1. The molecule has 1 saturated heterocycles. The molecule has 1 fully saturated rings.